The van der Waals surface area contributed by atoms with Crippen LogP contribution in [0.2, 0.25) is 0 Å². The van der Waals surface area contributed by atoms with Crippen LogP contribution >= 0.6 is 0 Å². The van der Waals surface area contributed by atoms with Crippen LogP contribution in [-0.2, 0) is 24.6 Å². The Bertz CT molecular complexity index is 1120. The summed E-state index contributed by atoms with van der Waals surface area (Å²) in [4.78, 5) is 57.0. The van der Waals surface area contributed by atoms with Crippen LogP contribution in [0, 0.1) is 11.3 Å². The average molecular weight is 604 g/mol. The van der Waals surface area contributed by atoms with Gasteiger partial charge in [-0.1, -0.05) is 78.8 Å². The molecular formula is C32H53N5O6. The van der Waals surface area contributed by atoms with Gasteiger partial charge in [0.1, 0.15) is 12.1 Å². The number of aliphatic hydroxyl groups is 1. The molecule has 0 spiro atoms. The van der Waals surface area contributed by atoms with Gasteiger partial charge in [0.05, 0.1) is 18.7 Å². The van der Waals surface area contributed by atoms with Crippen molar-refractivity contribution in [2.75, 3.05) is 40.8 Å². The van der Waals surface area contributed by atoms with Gasteiger partial charge in [0.15, 0.2) is 0 Å². The number of rotatable bonds is 13. The Hall–Kier alpha value is -3.02. The molecule has 3 amide bonds. The van der Waals surface area contributed by atoms with Gasteiger partial charge in [0.2, 0.25) is 17.7 Å². The molecule has 2 rings (SSSR count). The molecule has 11 nitrogen and oxygen atoms in total. The summed E-state index contributed by atoms with van der Waals surface area (Å²) in [5.41, 5.74) is -0.156. The summed E-state index contributed by atoms with van der Waals surface area (Å²) < 4.78 is 0. The Balaban J connectivity index is 2.21. The normalized spacial score (nSPS) is 19.7. The smallest absolute Gasteiger partial charge is 0.326 e. The van der Waals surface area contributed by atoms with E-state index in [0.29, 0.717) is 6.54 Å². The van der Waals surface area contributed by atoms with E-state index in [2.05, 4.69) is 10.6 Å². The van der Waals surface area contributed by atoms with Crippen molar-refractivity contribution in [3.8, 4) is 0 Å². The summed E-state index contributed by atoms with van der Waals surface area (Å²) in [6.45, 7) is 14.0. The maximum absolute atomic E-state index is 14.1. The first-order chi connectivity index (χ1) is 19.8. The van der Waals surface area contributed by atoms with Gasteiger partial charge in [-0.15, -0.1) is 0 Å². The van der Waals surface area contributed by atoms with Crippen LogP contribution in [0.4, 0.5) is 0 Å². The number of carboxylic acid groups (broad SMARTS) is 1. The molecule has 1 aromatic carbocycles. The number of benzene rings is 1. The van der Waals surface area contributed by atoms with Gasteiger partial charge in [-0.3, -0.25) is 19.3 Å². The predicted molar refractivity (Wildman–Crippen MR) is 166 cm³/mol. The molecule has 11 heteroatoms. The summed E-state index contributed by atoms with van der Waals surface area (Å²) in [7, 11) is 5.21. The minimum Gasteiger partial charge on any atom is -0.480 e. The maximum Gasteiger partial charge on any atom is 0.326 e. The lowest BCUT2D eigenvalue weighted by Crippen LogP contribution is -2.62. The number of nitrogens with one attached hydrogen (secondary N) is 2. The van der Waals surface area contributed by atoms with Crippen LogP contribution < -0.4 is 10.6 Å². The van der Waals surface area contributed by atoms with E-state index in [-0.39, 0.29) is 49.2 Å². The van der Waals surface area contributed by atoms with Crippen molar-refractivity contribution in [2.45, 2.75) is 90.6 Å². The van der Waals surface area contributed by atoms with Crippen LogP contribution in [-0.4, -0.2) is 120 Å². The van der Waals surface area contributed by atoms with E-state index in [1.165, 1.54) is 4.90 Å². The highest BCUT2D eigenvalue weighted by atomic mass is 16.4. The van der Waals surface area contributed by atoms with E-state index in [4.69, 9.17) is 0 Å². The van der Waals surface area contributed by atoms with Gasteiger partial charge in [-0.05, 0) is 31.0 Å². The van der Waals surface area contributed by atoms with Crippen molar-refractivity contribution < 1.29 is 29.4 Å². The SMILES string of the molecule is CN[C@H](C(=O)NC(C(=O)N(C)[C@H](CN(C)CC(=O)N1C[C@H](O)CC1C(=O)O)C(C)C)C(C)(C)C)C(C)(C)c1ccccc1. The second-order valence-electron chi connectivity index (χ2n) is 13.9. The molecule has 0 radical (unpaired) electrons. The van der Waals surface area contributed by atoms with Crippen LogP contribution in [0.3, 0.4) is 0 Å². The number of aliphatic carboxylic acids is 1. The van der Waals surface area contributed by atoms with Crippen molar-refractivity contribution in [2.24, 2.45) is 11.3 Å². The third kappa shape index (κ3) is 9.00. The quantitative estimate of drug-likeness (QED) is 0.266. The van der Waals surface area contributed by atoms with E-state index in [0.717, 1.165) is 5.56 Å². The summed E-state index contributed by atoms with van der Waals surface area (Å²) in [6, 6.07) is 7.01. The summed E-state index contributed by atoms with van der Waals surface area (Å²) in [5, 5.41) is 25.6. The van der Waals surface area contributed by atoms with Crippen molar-refractivity contribution in [3.05, 3.63) is 35.9 Å². The molecule has 0 saturated carbocycles. The zero-order chi connectivity index (χ0) is 32.9. The number of β-amino-alcohol motifs (C(OH)–C–C–N with tert-alkyl or cyclic N) is 1. The van der Waals surface area contributed by atoms with Gasteiger partial charge in [0, 0.05) is 38.0 Å². The molecule has 0 aromatic heterocycles. The van der Waals surface area contributed by atoms with Gasteiger partial charge < -0.3 is 30.6 Å². The number of hydrogen-bond donors (Lipinski definition) is 4. The molecular weight excluding hydrogens is 550 g/mol. The van der Waals surface area contributed by atoms with Crippen molar-refractivity contribution >= 4 is 23.7 Å². The number of amides is 3. The molecule has 1 aliphatic rings. The van der Waals surface area contributed by atoms with Gasteiger partial charge in [0.25, 0.3) is 0 Å². The molecule has 0 bridgehead atoms. The molecule has 5 atom stereocenters. The maximum atomic E-state index is 14.1. The fourth-order valence-electron chi connectivity index (χ4n) is 5.91. The molecule has 1 heterocycles. The van der Waals surface area contributed by atoms with E-state index in [9.17, 15) is 29.4 Å². The molecule has 1 fully saturated rings. The second kappa shape index (κ2) is 14.6. The Kier molecular flexibility index (Phi) is 12.3. The lowest BCUT2D eigenvalue weighted by molar-refractivity contribution is -0.148. The number of carboxylic acids is 1. The van der Waals surface area contributed by atoms with E-state index < -0.39 is 41.0 Å². The second-order valence-corrected chi connectivity index (χ2v) is 13.9. The lowest BCUT2D eigenvalue weighted by atomic mass is 9.76. The largest absolute Gasteiger partial charge is 0.480 e. The Morgan fingerprint density at radius 3 is 2.09 bits per heavy atom. The first kappa shape index (κ1) is 36.2. The zero-order valence-corrected chi connectivity index (χ0v) is 27.5. The molecule has 1 saturated heterocycles. The van der Waals surface area contributed by atoms with Gasteiger partial charge in [-0.2, -0.15) is 0 Å². The van der Waals surface area contributed by atoms with Crippen LogP contribution in [0.1, 0.15) is 60.5 Å². The Morgan fingerprint density at radius 1 is 1.02 bits per heavy atom. The number of likely N-dealkylation sites (tertiary alicyclic amines) is 1. The lowest BCUT2D eigenvalue weighted by Gasteiger charge is -2.41. The molecule has 2 unspecified atom stereocenters. The highest BCUT2D eigenvalue weighted by molar-refractivity contribution is 5.91. The number of likely N-dealkylation sites (N-methyl/N-ethyl adjacent to an activating group) is 3. The molecule has 0 aliphatic carbocycles. The van der Waals surface area contributed by atoms with E-state index in [1.807, 2.05) is 78.8 Å². The van der Waals surface area contributed by atoms with Crippen molar-refractivity contribution in [1.82, 2.24) is 25.3 Å². The first-order valence-corrected chi connectivity index (χ1v) is 15.0. The van der Waals surface area contributed by atoms with Gasteiger partial charge >= 0.3 is 5.97 Å². The third-order valence-electron chi connectivity index (χ3n) is 8.59. The number of carbonyl (C=O) groups excluding carboxylic acids is 3. The van der Waals surface area contributed by atoms with Gasteiger partial charge in [-0.25, -0.2) is 4.79 Å². The summed E-state index contributed by atoms with van der Waals surface area (Å²) >= 11 is 0. The van der Waals surface area contributed by atoms with Crippen molar-refractivity contribution in [3.63, 3.8) is 0 Å². The van der Waals surface area contributed by atoms with E-state index >= 15 is 0 Å². The standard InChI is InChI=1S/C32H53N5O6/c1-20(2)24(18-35(9)19-25(39)37-17-22(38)16-23(37)30(42)43)36(10)29(41)27(31(3,4)5)34-28(40)26(33-8)32(6,7)21-14-12-11-13-15-21/h11-15,20,22-24,26-27,33,38H,16-19H2,1-10H3,(H,34,40)(H,42,43)/t22-,23?,24-,26-,27?/m1/s1. The predicted octanol–water partition coefficient (Wildman–Crippen LogP) is 1.54. The molecule has 242 valence electrons. The topological polar surface area (TPSA) is 143 Å². The number of carbonyl (C=O) groups is 4. The first-order valence-electron chi connectivity index (χ1n) is 15.0. The summed E-state index contributed by atoms with van der Waals surface area (Å²) in [5.74, 6) is -2.02. The molecule has 4 N–H and O–H groups in total. The summed E-state index contributed by atoms with van der Waals surface area (Å²) in [6.07, 6.45) is -0.860. The third-order valence-corrected chi connectivity index (χ3v) is 8.59. The Labute approximate surface area is 257 Å². The fourth-order valence-corrected chi connectivity index (χ4v) is 5.91. The average Bonchev–Trinajstić information content (AvgIpc) is 3.31. The zero-order valence-electron chi connectivity index (χ0n) is 27.5. The van der Waals surface area contributed by atoms with Crippen molar-refractivity contribution in [1.29, 1.82) is 0 Å². The fraction of sp³-hybridized carbons (Fsp3) is 0.688. The highest BCUT2D eigenvalue weighted by Gasteiger charge is 2.42. The van der Waals surface area contributed by atoms with Crippen LogP contribution in [0.15, 0.2) is 30.3 Å². The Morgan fingerprint density at radius 2 is 1.60 bits per heavy atom. The number of hydrogen-bond acceptors (Lipinski definition) is 7. The van der Waals surface area contributed by atoms with E-state index in [1.54, 1.807) is 30.9 Å². The molecule has 1 aromatic rings. The highest BCUT2D eigenvalue weighted by Crippen LogP contribution is 2.29. The molecule has 43 heavy (non-hydrogen) atoms. The minimum absolute atomic E-state index is 0.00744. The monoisotopic (exact) mass is 603 g/mol. The van der Waals surface area contributed by atoms with Crippen LogP contribution in [0.25, 0.3) is 0 Å². The molecule has 1 aliphatic heterocycles. The number of nitrogens with zero attached hydrogens (tertiary/aromatic N) is 3. The minimum atomic E-state index is -1.14. The van der Waals surface area contributed by atoms with Crippen LogP contribution in [0.5, 0.6) is 0 Å². The number of aliphatic hydroxyl groups excluding tert-OH is 1.